The number of hydrazine groups is 1. The summed E-state index contributed by atoms with van der Waals surface area (Å²) >= 11 is 0. The Hall–Kier alpha value is -3.81. The first kappa shape index (κ1) is 24.3. The number of nitrogens with one attached hydrogen (secondary N) is 2. The summed E-state index contributed by atoms with van der Waals surface area (Å²) in [7, 11) is 0. The molecule has 3 unspecified atom stereocenters. The van der Waals surface area contributed by atoms with Crippen molar-refractivity contribution in [2.45, 2.75) is 39.5 Å². The predicted molar refractivity (Wildman–Crippen MR) is 136 cm³/mol. The van der Waals surface area contributed by atoms with Gasteiger partial charge in [-0.1, -0.05) is 65.7 Å². The van der Waals surface area contributed by atoms with Gasteiger partial charge >= 0.3 is 0 Å². The first-order valence-corrected chi connectivity index (χ1v) is 11.5. The van der Waals surface area contributed by atoms with E-state index in [0.29, 0.717) is 16.8 Å². The molecule has 0 aromatic heterocycles. The van der Waals surface area contributed by atoms with Crippen molar-refractivity contribution in [1.82, 2.24) is 15.9 Å². The standard InChI is InChI=1S/C28H30N4O3/c1-18-10-14-22(15-11-18)26(33)30-29-25(21-8-6-5-7-9-21)24-20(3)31-32(28(24,4)35)27(34)23-16-12-19(2)13-17-23/h5-17,24-25,29,35H,1-4H3,(H,30,33). The Kier molecular flexibility index (Phi) is 6.82. The summed E-state index contributed by atoms with van der Waals surface area (Å²) in [6.07, 6.45) is 0. The number of hydrogen-bond acceptors (Lipinski definition) is 5. The average Bonchev–Trinajstić information content (AvgIpc) is 3.09. The van der Waals surface area contributed by atoms with Gasteiger partial charge in [0.25, 0.3) is 11.8 Å². The molecule has 0 aliphatic carbocycles. The zero-order valence-corrected chi connectivity index (χ0v) is 20.3. The van der Waals surface area contributed by atoms with Crippen LogP contribution in [0.1, 0.15) is 57.3 Å². The molecule has 3 atom stereocenters. The van der Waals surface area contributed by atoms with E-state index < -0.39 is 23.6 Å². The Balaban J connectivity index is 1.62. The van der Waals surface area contributed by atoms with Gasteiger partial charge in [-0.3, -0.25) is 15.0 Å². The highest BCUT2D eigenvalue weighted by Crippen LogP contribution is 2.40. The van der Waals surface area contributed by atoms with E-state index in [9.17, 15) is 14.7 Å². The molecule has 0 saturated heterocycles. The van der Waals surface area contributed by atoms with Gasteiger partial charge in [-0.25, -0.2) is 5.43 Å². The zero-order valence-electron chi connectivity index (χ0n) is 20.3. The molecule has 7 nitrogen and oxygen atoms in total. The van der Waals surface area contributed by atoms with E-state index in [2.05, 4.69) is 16.0 Å². The van der Waals surface area contributed by atoms with Crippen molar-refractivity contribution in [2.75, 3.05) is 0 Å². The molecule has 0 radical (unpaired) electrons. The first-order chi connectivity index (χ1) is 16.7. The molecule has 0 bridgehead atoms. The van der Waals surface area contributed by atoms with Gasteiger partial charge in [0.05, 0.1) is 12.0 Å². The molecule has 3 N–H and O–H groups in total. The Morgan fingerprint density at radius 1 is 0.886 bits per heavy atom. The number of carbonyl (C=O) groups is 2. The molecule has 35 heavy (non-hydrogen) atoms. The molecule has 0 fully saturated rings. The SMILES string of the molecule is CC1=NN(C(=O)c2ccc(C)cc2)C(C)(O)C1C(NNC(=O)c1ccc(C)cc1)c1ccccc1. The third kappa shape index (κ3) is 5.01. The summed E-state index contributed by atoms with van der Waals surface area (Å²) in [5, 5.41) is 17.2. The summed E-state index contributed by atoms with van der Waals surface area (Å²) in [4.78, 5) is 26.1. The molecule has 7 heteroatoms. The number of amides is 2. The number of hydrazone groups is 1. The normalized spacial score (nSPS) is 20.3. The van der Waals surface area contributed by atoms with Crippen molar-refractivity contribution >= 4 is 17.5 Å². The number of aliphatic hydroxyl groups is 1. The van der Waals surface area contributed by atoms with Crippen LogP contribution in [0.5, 0.6) is 0 Å². The Labute approximate surface area is 205 Å². The van der Waals surface area contributed by atoms with Crippen molar-refractivity contribution in [3.8, 4) is 0 Å². The van der Waals surface area contributed by atoms with Gasteiger partial charge in [0.15, 0.2) is 5.72 Å². The third-order valence-corrected chi connectivity index (χ3v) is 6.36. The van der Waals surface area contributed by atoms with Gasteiger partial charge in [0, 0.05) is 16.8 Å². The van der Waals surface area contributed by atoms with Crippen molar-refractivity contribution in [1.29, 1.82) is 0 Å². The van der Waals surface area contributed by atoms with Crippen LogP contribution >= 0.6 is 0 Å². The fourth-order valence-electron chi connectivity index (χ4n) is 4.41. The number of aryl methyl sites for hydroxylation is 2. The average molecular weight is 471 g/mol. The molecule has 3 aromatic carbocycles. The van der Waals surface area contributed by atoms with Gasteiger partial charge < -0.3 is 5.11 Å². The molecule has 180 valence electrons. The molecular formula is C28H30N4O3. The van der Waals surface area contributed by atoms with Crippen LogP contribution in [-0.2, 0) is 0 Å². The topological polar surface area (TPSA) is 94.0 Å². The van der Waals surface area contributed by atoms with Crippen LogP contribution < -0.4 is 10.9 Å². The maximum atomic E-state index is 13.3. The highest BCUT2D eigenvalue weighted by Gasteiger charge is 2.51. The zero-order chi connectivity index (χ0) is 25.2. The quantitative estimate of drug-likeness (QED) is 0.472. The maximum absolute atomic E-state index is 13.3. The Bertz CT molecular complexity index is 1240. The van der Waals surface area contributed by atoms with Crippen LogP contribution in [0.15, 0.2) is 84.0 Å². The molecule has 0 saturated carbocycles. The number of hydrogen-bond donors (Lipinski definition) is 3. The molecule has 1 heterocycles. The maximum Gasteiger partial charge on any atom is 0.276 e. The summed E-state index contributed by atoms with van der Waals surface area (Å²) in [6, 6.07) is 23.3. The van der Waals surface area contributed by atoms with Gasteiger partial charge in [-0.05, 0) is 57.5 Å². The summed E-state index contributed by atoms with van der Waals surface area (Å²) in [5.41, 5.74) is 8.68. The van der Waals surface area contributed by atoms with Crippen LogP contribution in [0.4, 0.5) is 0 Å². The molecular weight excluding hydrogens is 440 g/mol. The smallest absolute Gasteiger partial charge is 0.276 e. The van der Waals surface area contributed by atoms with E-state index >= 15 is 0 Å². The highest BCUT2D eigenvalue weighted by atomic mass is 16.3. The van der Waals surface area contributed by atoms with Gasteiger partial charge in [-0.15, -0.1) is 0 Å². The monoisotopic (exact) mass is 470 g/mol. The summed E-state index contributed by atoms with van der Waals surface area (Å²) in [6.45, 7) is 7.25. The van der Waals surface area contributed by atoms with E-state index in [0.717, 1.165) is 21.7 Å². The second kappa shape index (κ2) is 9.82. The molecule has 1 aliphatic rings. The lowest BCUT2D eigenvalue weighted by atomic mass is 9.83. The molecule has 0 spiro atoms. The predicted octanol–water partition coefficient (Wildman–Crippen LogP) is 4.14. The number of nitrogens with zero attached hydrogens (tertiary/aromatic N) is 2. The molecule has 3 aromatic rings. The van der Waals surface area contributed by atoms with Crippen LogP contribution in [0.2, 0.25) is 0 Å². The summed E-state index contributed by atoms with van der Waals surface area (Å²) in [5.74, 6) is -1.32. The third-order valence-electron chi connectivity index (χ3n) is 6.36. The van der Waals surface area contributed by atoms with Crippen LogP contribution in [0, 0.1) is 19.8 Å². The molecule has 2 amide bonds. The highest BCUT2D eigenvalue weighted by molar-refractivity contribution is 5.98. The van der Waals surface area contributed by atoms with Crippen molar-refractivity contribution < 1.29 is 14.7 Å². The van der Waals surface area contributed by atoms with E-state index in [-0.39, 0.29) is 5.91 Å². The fraction of sp³-hybridized carbons (Fsp3) is 0.250. The van der Waals surface area contributed by atoms with E-state index in [4.69, 9.17) is 0 Å². The van der Waals surface area contributed by atoms with Crippen LogP contribution in [0.25, 0.3) is 0 Å². The largest absolute Gasteiger partial charge is 0.368 e. The second-order valence-corrected chi connectivity index (χ2v) is 9.15. The Morgan fingerprint density at radius 3 is 2.00 bits per heavy atom. The van der Waals surface area contributed by atoms with Gasteiger partial charge in [0.2, 0.25) is 0 Å². The fourth-order valence-corrected chi connectivity index (χ4v) is 4.41. The second-order valence-electron chi connectivity index (χ2n) is 9.15. The first-order valence-electron chi connectivity index (χ1n) is 11.5. The van der Waals surface area contributed by atoms with Crippen molar-refractivity contribution in [3.05, 3.63) is 107 Å². The van der Waals surface area contributed by atoms with Gasteiger partial charge in [0.1, 0.15) is 0 Å². The van der Waals surface area contributed by atoms with E-state index in [1.807, 2.05) is 68.4 Å². The van der Waals surface area contributed by atoms with Crippen LogP contribution in [0.3, 0.4) is 0 Å². The van der Waals surface area contributed by atoms with E-state index in [1.165, 1.54) is 0 Å². The minimum absolute atomic E-state index is 0.300. The van der Waals surface area contributed by atoms with Crippen molar-refractivity contribution in [3.63, 3.8) is 0 Å². The minimum Gasteiger partial charge on any atom is -0.368 e. The lowest BCUT2D eigenvalue weighted by Gasteiger charge is -2.37. The van der Waals surface area contributed by atoms with Crippen LogP contribution in [-0.4, -0.2) is 33.4 Å². The molecule has 4 rings (SSSR count). The molecule has 1 aliphatic heterocycles. The van der Waals surface area contributed by atoms with Crippen molar-refractivity contribution in [2.24, 2.45) is 11.0 Å². The number of carbonyl (C=O) groups excluding carboxylic acids is 2. The lowest BCUT2D eigenvalue weighted by molar-refractivity contribution is -0.0909. The van der Waals surface area contributed by atoms with E-state index in [1.54, 1.807) is 38.1 Å². The lowest BCUT2D eigenvalue weighted by Crippen LogP contribution is -2.54. The van der Waals surface area contributed by atoms with Gasteiger partial charge in [-0.2, -0.15) is 10.1 Å². The minimum atomic E-state index is -1.64. The number of benzene rings is 3. The number of rotatable bonds is 6. The summed E-state index contributed by atoms with van der Waals surface area (Å²) < 4.78 is 0. The Morgan fingerprint density at radius 2 is 1.43 bits per heavy atom.